The number of benzene rings is 1. The molecule has 2 N–H and O–H groups in total. The summed E-state index contributed by atoms with van der Waals surface area (Å²) in [7, 11) is 0. The summed E-state index contributed by atoms with van der Waals surface area (Å²) in [5.41, 5.74) is 2.80. The van der Waals surface area contributed by atoms with Gasteiger partial charge in [-0.2, -0.15) is 0 Å². The topological polar surface area (TPSA) is 136 Å². The van der Waals surface area contributed by atoms with Crippen LogP contribution in [0.5, 0.6) is 0 Å². The number of hydrogen-bond acceptors (Lipinski definition) is 7. The van der Waals surface area contributed by atoms with Gasteiger partial charge < -0.3 is 14.4 Å². The number of aromatic nitrogens is 1. The monoisotopic (exact) mass is 552 g/mol. The number of allylic oxidation sites excluding steroid dienone is 3. The van der Waals surface area contributed by atoms with Gasteiger partial charge in [-0.15, -0.1) is 0 Å². The molecule has 0 aliphatic heterocycles. The van der Waals surface area contributed by atoms with Gasteiger partial charge in [-0.1, -0.05) is 52.2 Å². The number of hydrogen-bond donors (Lipinski definition) is 2. The van der Waals surface area contributed by atoms with Crippen molar-refractivity contribution in [1.29, 1.82) is 0 Å². The molecule has 204 valence electrons. The summed E-state index contributed by atoms with van der Waals surface area (Å²) in [5.74, 6) is -2.71. The zero-order valence-electron chi connectivity index (χ0n) is 21.7. The number of aryl methyl sites for hydroxylation is 1. The third-order valence-corrected chi connectivity index (χ3v) is 8.39. The number of ketones is 2. The highest BCUT2D eigenvalue weighted by molar-refractivity contribution is 6.46. The number of carboxylic acids is 1. The van der Waals surface area contributed by atoms with Gasteiger partial charge in [0.15, 0.2) is 5.76 Å². The summed E-state index contributed by atoms with van der Waals surface area (Å²) < 4.78 is 10.9. The van der Waals surface area contributed by atoms with Crippen molar-refractivity contribution in [2.24, 2.45) is 5.41 Å². The normalized spacial score (nSPS) is 23.2. The minimum atomic E-state index is -0.879. The molecule has 1 amide bonds. The Balaban J connectivity index is 1.28. The van der Waals surface area contributed by atoms with Crippen molar-refractivity contribution < 1.29 is 33.5 Å². The quantitative estimate of drug-likeness (QED) is 0.244. The lowest BCUT2D eigenvalue weighted by atomic mass is 9.76. The number of Topliss-reactive ketones (excluding diaryl/α,β-unsaturated/α-hetero) is 2. The van der Waals surface area contributed by atoms with Crippen LogP contribution in [0.25, 0.3) is 0 Å². The second-order valence-electron chi connectivity index (χ2n) is 10.4. The van der Waals surface area contributed by atoms with E-state index < -0.39 is 41.1 Å². The van der Waals surface area contributed by atoms with Crippen LogP contribution in [0.1, 0.15) is 80.9 Å². The predicted molar refractivity (Wildman–Crippen MR) is 141 cm³/mol. The van der Waals surface area contributed by atoms with E-state index in [4.69, 9.17) is 20.9 Å². The predicted octanol–water partition coefficient (Wildman–Crippen LogP) is 6.23. The van der Waals surface area contributed by atoms with E-state index in [1.165, 1.54) is 0 Å². The van der Waals surface area contributed by atoms with Gasteiger partial charge in [-0.3, -0.25) is 19.7 Å². The Labute approximate surface area is 230 Å². The number of nitrogens with one attached hydrogen (secondary N) is 1. The van der Waals surface area contributed by atoms with Gasteiger partial charge in [0.25, 0.3) is 0 Å². The number of ether oxygens (including phenoxy) is 1. The molecular formula is C29H29ClN2O7. The number of carbonyl (C=O) groups excluding carboxylic acids is 3. The Morgan fingerprint density at radius 2 is 1.95 bits per heavy atom. The van der Waals surface area contributed by atoms with Crippen molar-refractivity contribution in [3.8, 4) is 0 Å². The van der Waals surface area contributed by atoms with Crippen LogP contribution in [0.2, 0.25) is 5.02 Å². The number of rotatable bonds is 6. The molecule has 2 unspecified atom stereocenters. The molecule has 2 saturated carbocycles. The number of amides is 1. The third-order valence-electron chi connectivity index (χ3n) is 8.05. The molecule has 2 fully saturated rings. The average molecular weight is 553 g/mol. The van der Waals surface area contributed by atoms with Gasteiger partial charge in [0.1, 0.15) is 17.5 Å². The molecule has 2 atom stereocenters. The molecule has 3 aliphatic carbocycles. The largest absolute Gasteiger partial charge is 0.481 e. The molecular weight excluding hydrogens is 524 g/mol. The minimum absolute atomic E-state index is 0.125. The third kappa shape index (κ3) is 5.03. The van der Waals surface area contributed by atoms with Crippen molar-refractivity contribution in [3.63, 3.8) is 0 Å². The second-order valence-corrected chi connectivity index (χ2v) is 10.8. The van der Waals surface area contributed by atoms with E-state index in [1.807, 2.05) is 6.08 Å². The highest BCUT2D eigenvalue weighted by atomic mass is 35.5. The van der Waals surface area contributed by atoms with Gasteiger partial charge in [0.2, 0.25) is 11.6 Å². The van der Waals surface area contributed by atoms with Gasteiger partial charge in [-0.25, -0.2) is 4.79 Å². The van der Waals surface area contributed by atoms with E-state index in [0.29, 0.717) is 66.8 Å². The highest BCUT2D eigenvalue weighted by Crippen LogP contribution is 2.55. The molecule has 1 heterocycles. The van der Waals surface area contributed by atoms with Crippen LogP contribution in [-0.2, 0) is 19.1 Å². The Morgan fingerprint density at radius 1 is 1.21 bits per heavy atom. The van der Waals surface area contributed by atoms with Crippen molar-refractivity contribution in [1.82, 2.24) is 5.16 Å². The van der Waals surface area contributed by atoms with E-state index in [9.17, 15) is 24.3 Å². The number of carboxylic acid groups (broad SMARTS) is 1. The Kier molecular flexibility index (Phi) is 7.20. The fourth-order valence-corrected chi connectivity index (χ4v) is 5.90. The van der Waals surface area contributed by atoms with Crippen LogP contribution in [0.3, 0.4) is 0 Å². The summed E-state index contributed by atoms with van der Waals surface area (Å²) >= 11 is 6.20. The van der Waals surface area contributed by atoms with Crippen molar-refractivity contribution >= 4 is 40.9 Å². The lowest BCUT2D eigenvalue weighted by molar-refractivity contribution is -0.141. The molecule has 0 spiro atoms. The molecule has 39 heavy (non-hydrogen) atoms. The van der Waals surface area contributed by atoms with Crippen molar-refractivity contribution in [2.75, 3.05) is 5.32 Å². The van der Waals surface area contributed by atoms with Gasteiger partial charge >= 0.3 is 12.1 Å². The summed E-state index contributed by atoms with van der Waals surface area (Å²) in [6.07, 6.45) is 4.16. The number of anilines is 1. The second kappa shape index (κ2) is 10.4. The maximum Gasteiger partial charge on any atom is 0.412 e. The fraction of sp³-hybridized carbons (Fsp3) is 0.414. The van der Waals surface area contributed by atoms with Gasteiger partial charge in [0, 0.05) is 16.2 Å². The molecule has 0 radical (unpaired) electrons. The first-order valence-electron chi connectivity index (χ1n) is 13.0. The minimum Gasteiger partial charge on any atom is -0.481 e. The maximum absolute atomic E-state index is 13.2. The molecule has 1 aromatic heterocycles. The molecule has 2 aromatic rings. The van der Waals surface area contributed by atoms with Crippen molar-refractivity contribution in [3.05, 3.63) is 69.1 Å². The molecule has 5 rings (SSSR count). The summed E-state index contributed by atoms with van der Waals surface area (Å²) in [6, 6.07) is 7.03. The van der Waals surface area contributed by atoms with E-state index in [1.54, 1.807) is 38.1 Å². The number of carbonyl (C=O) groups is 4. The first-order valence-corrected chi connectivity index (χ1v) is 13.4. The molecule has 10 heteroatoms. The van der Waals surface area contributed by atoms with E-state index in [2.05, 4.69) is 10.5 Å². The summed E-state index contributed by atoms with van der Waals surface area (Å²) in [6.45, 7) is 3.31. The Morgan fingerprint density at radius 3 is 2.59 bits per heavy atom. The molecule has 0 saturated heterocycles. The summed E-state index contributed by atoms with van der Waals surface area (Å²) in [5, 5.41) is 16.6. The number of halogens is 1. The summed E-state index contributed by atoms with van der Waals surface area (Å²) in [4.78, 5) is 50.7. The number of nitrogens with zero attached hydrogens (tertiary/aromatic N) is 1. The fourth-order valence-electron chi connectivity index (χ4n) is 5.61. The average Bonchev–Trinajstić information content (AvgIpc) is 3.66. The lowest BCUT2D eigenvalue weighted by Crippen LogP contribution is -2.31. The maximum atomic E-state index is 13.2. The Bertz CT molecular complexity index is 1430. The smallest absolute Gasteiger partial charge is 0.412 e. The van der Waals surface area contributed by atoms with Crippen LogP contribution in [0.4, 0.5) is 10.5 Å². The Hall–Kier alpha value is -3.72. The lowest BCUT2D eigenvalue weighted by Gasteiger charge is -2.26. The molecule has 3 aliphatic rings. The van der Waals surface area contributed by atoms with E-state index >= 15 is 0 Å². The van der Waals surface area contributed by atoms with Crippen LogP contribution < -0.4 is 5.32 Å². The highest BCUT2D eigenvalue weighted by Gasteiger charge is 2.53. The molecule has 0 bridgehead atoms. The van der Waals surface area contributed by atoms with Crippen LogP contribution >= 0.6 is 11.6 Å². The van der Waals surface area contributed by atoms with Crippen LogP contribution in [0.15, 0.2) is 51.6 Å². The SMILES string of the molecule is Cc1noc(C2CC/C(=C3\CC=C(C4(C(=O)O)CC4)CC3)C(=O)C2=O)c1NC(=O)OC(C)c1ccccc1Cl. The van der Waals surface area contributed by atoms with Gasteiger partial charge in [0.05, 0.1) is 11.3 Å². The zero-order chi connectivity index (χ0) is 27.9. The first-order chi connectivity index (χ1) is 18.6. The number of aliphatic carboxylic acids is 1. The van der Waals surface area contributed by atoms with Crippen molar-refractivity contribution in [2.45, 2.75) is 70.8 Å². The van der Waals surface area contributed by atoms with Crippen LogP contribution in [0, 0.1) is 12.3 Å². The van der Waals surface area contributed by atoms with Crippen LogP contribution in [-0.4, -0.2) is 33.9 Å². The molecule has 9 nitrogen and oxygen atoms in total. The van der Waals surface area contributed by atoms with E-state index in [0.717, 1.165) is 11.1 Å². The molecule has 1 aromatic carbocycles. The zero-order valence-corrected chi connectivity index (χ0v) is 22.5. The van der Waals surface area contributed by atoms with E-state index in [-0.39, 0.29) is 11.4 Å². The standard InChI is InChI=1S/C29H29ClN2O7/c1-15-23(31-28(37)38-16(2)19-5-3-4-6-22(19)30)26(39-32-15)21-12-11-20(24(33)25(21)34)17-7-9-18(10-8-17)29(13-14-29)27(35)36/h3-6,9,16,21H,7-8,10-14H2,1-2H3,(H,31,37)(H,35,36)/b20-17-. The first kappa shape index (κ1) is 26.9. The van der Waals surface area contributed by atoms with Gasteiger partial charge in [-0.05, 0) is 64.9 Å².